The number of aryl methyl sites for hydroxylation is 1. The van der Waals surface area contributed by atoms with Gasteiger partial charge in [-0.3, -0.25) is 9.48 Å². The predicted molar refractivity (Wildman–Crippen MR) is 78.2 cm³/mol. The Bertz CT molecular complexity index is 648. The van der Waals surface area contributed by atoms with E-state index in [1.54, 1.807) is 23.9 Å². The highest BCUT2D eigenvalue weighted by molar-refractivity contribution is 7.80. The number of anilines is 1. The molecule has 0 saturated heterocycles. The molecule has 98 valence electrons. The van der Waals surface area contributed by atoms with Crippen molar-refractivity contribution in [3.63, 3.8) is 0 Å². The first-order valence-corrected chi connectivity index (χ1v) is 6.10. The number of carbonyl (C=O) groups excluding carboxylic acids is 1. The van der Waals surface area contributed by atoms with Crippen LogP contribution in [0.25, 0.3) is 0 Å². The number of benzene rings is 1. The summed E-state index contributed by atoms with van der Waals surface area (Å²) in [7, 11) is 1.79. The third-order valence-electron chi connectivity index (χ3n) is 2.92. The number of carbonyl (C=O) groups is 1. The topological polar surface area (TPSA) is 72.9 Å². The van der Waals surface area contributed by atoms with Crippen molar-refractivity contribution in [2.75, 3.05) is 5.32 Å². The standard InChI is InChI=1S/C13H14N4OS/c1-8-10(7-15-17(8)2)13(18)16-11-6-4-3-5-9(11)12(14)19/h3-7H,1-2H3,(H2,14,19)(H,16,18). The van der Waals surface area contributed by atoms with E-state index in [1.165, 1.54) is 6.20 Å². The molecular formula is C13H14N4OS. The summed E-state index contributed by atoms with van der Waals surface area (Å²) in [6, 6.07) is 7.17. The monoisotopic (exact) mass is 274 g/mol. The molecule has 0 saturated carbocycles. The van der Waals surface area contributed by atoms with Crippen LogP contribution in [0, 0.1) is 6.92 Å². The highest BCUT2D eigenvalue weighted by Crippen LogP contribution is 2.17. The van der Waals surface area contributed by atoms with Crippen LogP contribution in [0.15, 0.2) is 30.5 Å². The number of para-hydroxylation sites is 1. The lowest BCUT2D eigenvalue weighted by Gasteiger charge is -2.09. The first-order valence-electron chi connectivity index (χ1n) is 5.69. The molecule has 0 atom stereocenters. The molecule has 3 N–H and O–H groups in total. The van der Waals surface area contributed by atoms with Gasteiger partial charge >= 0.3 is 0 Å². The van der Waals surface area contributed by atoms with Gasteiger partial charge in [0.1, 0.15) is 4.99 Å². The van der Waals surface area contributed by atoms with Crippen LogP contribution in [0.2, 0.25) is 0 Å². The molecule has 0 aliphatic rings. The minimum atomic E-state index is -0.227. The van der Waals surface area contributed by atoms with E-state index in [0.717, 1.165) is 5.69 Å². The van der Waals surface area contributed by atoms with Crippen molar-refractivity contribution in [1.82, 2.24) is 9.78 Å². The second kappa shape index (κ2) is 5.19. The lowest BCUT2D eigenvalue weighted by Crippen LogP contribution is -2.18. The maximum Gasteiger partial charge on any atom is 0.259 e. The van der Waals surface area contributed by atoms with Crippen molar-refractivity contribution in [1.29, 1.82) is 0 Å². The van der Waals surface area contributed by atoms with Crippen LogP contribution in [0.3, 0.4) is 0 Å². The van der Waals surface area contributed by atoms with Gasteiger partial charge < -0.3 is 11.1 Å². The molecule has 0 radical (unpaired) electrons. The number of hydrogen-bond donors (Lipinski definition) is 2. The number of nitrogens with one attached hydrogen (secondary N) is 1. The molecule has 6 heteroatoms. The van der Waals surface area contributed by atoms with Gasteiger partial charge in [-0.25, -0.2) is 0 Å². The summed E-state index contributed by atoms with van der Waals surface area (Å²) < 4.78 is 1.65. The predicted octanol–water partition coefficient (Wildman–Crippen LogP) is 1.62. The molecule has 19 heavy (non-hydrogen) atoms. The SMILES string of the molecule is Cc1c(C(=O)Nc2ccccc2C(N)=S)cnn1C. The minimum Gasteiger partial charge on any atom is -0.389 e. The Labute approximate surface area is 116 Å². The average molecular weight is 274 g/mol. The van der Waals surface area contributed by atoms with Crippen LogP contribution in [-0.4, -0.2) is 20.7 Å². The fraction of sp³-hybridized carbons (Fsp3) is 0.154. The van der Waals surface area contributed by atoms with E-state index in [0.29, 0.717) is 16.8 Å². The number of amides is 1. The quantitative estimate of drug-likeness (QED) is 0.834. The van der Waals surface area contributed by atoms with Crippen LogP contribution in [0.5, 0.6) is 0 Å². The van der Waals surface area contributed by atoms with Gasteiger partial charge in [-0.1, -0.05) is 24.4 Å². The number of hydrogen-bond acceptors (Lipinski definition) is 3. The second-order valence-electron chi connectivity index (χ2n) is 4.13. The van der Waals surface area contributed by atoms with E-state index in [2.05, 4.69) is 10.4 Å². The first-order chi connectivity index (χ1) is 9.00. The van der Waals surface area contributed by atoms with Gasteiger partial charge in [0, 0.05) is 18.3 Å². The summed E-state index contributed by atoms with van der Waals surface area (Å²) in [5.74, 6) is -0.227. The molecule has 0 aliphatic carbocycles. The average Bonchev–Trinajstić information content (AvgIpc) is 2.70. The smallest absolute Gasteiger partial charge is 0.259 e. The zero-order valence-corrected chi connectivity index (χ0v) is 11.5. The van der Waals surface area contributed by atoms with Crippen LogP contribution in [0.1, 0.15) is 21.6 Å². The Balaban J connectivity index is 2.29. The summed E-state index contributed by atoms with van der Waals surface area (Å²) >= 11 is 4.96. The molecule has 0 spiro atoms. The Morgan fingerprint density at radius 1 is 1.37 bits per heavy atom. The fourth-order valence-corrected chi connectivity index (χ4v) is 1.90. The molecule has 2 aromatic rings. The van der Waals surface area contributed by atoms with Gasteiger partial charge in [-0.15, -0.1) is 0 Å². The maximum absolute atomic E-state index is 12.2. The summed E-state index contributed by atoms with van der Waals surface area (Å²) in [5.41, 5.74) is 8.20. The highest BCUT2D eigenvalue weighted by Gasteiger charge is 2.14. The van der Waals surface area contributed by atoms with Gasteiger partial charge in [0.2, 0.25) is 0 Å². The summed E-state index contributed by atoms with van der Waals surface area (Å²) in [6.45, 7) is 1.83. The first kappa shape index (κ1) is 13.2. The normalized spacial score (nSPS) is 10.2. The molecule has 1 aromatic heterocycles. The van der Waals surface area contributed by atoms with Crippen LogP contribution in [0.4, 0.5) is 5.69 Å². The van der Waals surface area contributed by atoms with E-state index < -0.39 is 0 Å². The lowest BCUT2D eigenvalue weighted by molar-refractivity contribution is 0.102. The van der Waals surface area contributed by atoms with Crippen LogP contribution in [-0.2, 0) is 7.05 Å². The van der Waals surface area contributed by atoms with Crippen molar-refractivity contribution in [3.05, 3.63) is 47.3 Å². The number of nitrogens with zero attached hydrogens (tertiary/aromatic N) is 2. The van der Waals surface area contributed by atoms with E-state index in [-0.39, 0.29) is 10.9 Å². The maximum atomic E-state index is 12.2. The Hall–Kier alpha value is -2.21. The zero-order valence-electron chi connectivity index (χ0n) is 10.7. The lowest BCUT2D eigenvalue weighted by atomic mass is 10.1. The van der Waals surface area contributed by atoms with Gasteiger partial charge in [-0.05, 0) is 19.1 Å². The fourth-order valence-electron chi connectivity index (χ4n) is 1.72. The molecule has 1 aromatic carbocycles. The molecule has 0 fully saturated rings. The molecule has 0 aliphatic heterocycles. The van der Waals surface area contributed by atoms with E-state index in [9.17, 15) is 4.79 Å². The van der Waals surface area contributed by atoms with E-state index >= 15 is 0 Å². The van der Waals surface area contributed by atoms with Crippen LogP contribution >= 0.6 is 12.2 Å². The third kappa shape index (κ3) is 2.63. The Morgan fingerprint density at radius 2 is 2.05 bits per heavy atom. The summed E-state index contributed by atoms with van der Waals surface area (Å²) in [6.07, 6.45) is 1.54. The molecule has 0 bridgehead atoms. The summed E-state index contributed by atoms with van der Waals surface area (Å²) in [5, 5.41) is 6.84. The minimum absolute atomic E-state index is 0.227. The molecule has 0 unspecified atom stereocenters. The highest BCUT2D eigenvalue weighted by atomic mass is 32.1. The van der Waals surface area contributed by atoms with Crippen molar-refractivity contribution in [3.8, 4) is 0 Å². The Kier molecular flexibility index (Phi) is 3.62. The number of aromatic nitrogens is 2. The van der Waals surface area contributed by atoms with Crippen LogP contribution < -0.4 is 11.1 Å². The van der Waals surface area contributed by atoms with Crippen molar-refractivity contribution in [2.45, 2.75) is 6.92 Å². The number of rotatable bonds is 3. The van der Waals surface area contributed by atoms with Crippen molar-refractivity contribution in [2.24, 2.45) is 12.8 Å². The molecule has 2 rings (SSSR count). The summed E-state index contributed by atoms with van der Waals surface area (Å²) in [4.78, 5) is 12.4. The molecule has 5 nitrogen and oxygen atoms in total. The largest absolute Gasteiger partial charge is 0.389 e. The van der Waals surface area contributed by atoms with Gasteiger partial charge in [0.05, 0.1) is 17.4 Å². The van der Waals surface area contributed by atoms with E-state index in [1.807, 2.05) is 19.1 Å². The molecular weight excluding hydrogens is 260 g/mol. The van der Waals surface area contributed by atoms with Gasteiger partial charge in [0.25, 0.3) is 5.91 Å². The van der Waals surface area contributed by atoms with E-state index in [4.69, 9.17) is 18.0 Å². The zero-order chi connectivity index (χ0) is 14.0. The third-order valence-corrected chi connectivity index (χ3v) is 3.14. The molecule has 1 heterocycles. The molecule has 1 amide bonds. The van der Waals surface area contributed by atoms with Crippen molar-refractivity contribution >= 4 is 28.8 Å². The number of nitrogens with two attached hydrogens (primary N) is 1. The second-order valence-corrected chi connectivity index (χ2v) is 4.57. The van der Waals surface area contributed by atoms with Crippen molar-refractivity contribution < 1.29 is 4.79 Å². The van der Waals surface area contributed by atoms with Gasteiger partial charge in [0.15, 0.2) is 0 Å². The van der Waals surface area contributed by atoms with Gasteiger partial charge in [-0.2, -0.15) is 5.10 Å². The Morgan fingerprint density at radius 3 is 2.63 bits per heavy atom. The number of thiocarbonyl (C=S) groups is 1.